The summed E-state index contributed by atoms with van der Waals surface area (Å²) >= 11 is 12.6. The Kier molecular flexibility index (Phi) is 4.86. The van der Waals surface area contributed by atoms with Gasteiger partial charge in [0.05, 0.1) is 6.04 Å². The maximum atomic E-state index is 3.68. The highest BCUT2D eigenvalue weighted by atomic mass is 79.9. The van der Waals surface area contributed by atoms with E-state index in [4.69, 9.17) is 0 Å². The van der Waals surface area contributed by atoms with E-state index in [0.29, 0.717) is 0 Å². The topological polar surface area (TPSA) is 12.0 Å². The Morgan fingerprint density at radius 3 is 2.52 bits per heavy atom. The van der Waals surface area contributed by atoms with Gasteiger partial charge in [-0.25, -0.2) is 0 Å². The number of benzene rings is 2. The van der Waals surface area contributed by atoms with Crippen molar-refractivity contribution in [2.45, 2.75) is 6.04 Å². The van der Waals surface area contributed by atoms with E-state index in [1.807, 2.05) is 7.05 Å². The summed E-state index contributed by atoms with van der Waals surface area (Å²) in [4.78, 5) is 0. The summed E-state index contributed by atoms with van der Waals surface area (Å²) in [5.74, 6) is 0. The molecule has 0 aliphatic carbocycles. The van der Waals surface area contributed by atoms with E-state index in [1.165, 1.54) is 21.2 Å². The first-order valence-corrected chi connectivity index (χ1v) is 9.65. The third-order valence-corrected chi connectivity index (χ3v) is 6.61. The Morgan fingerprint density at radius 1 is 1.00 bits per heavy atom. The third-order valence-electron chi connectivity index (χ3n) is 3.45. The molecule has 3 aromatic rings. The van der Waals surface area contributed by atoms with E-state index >= 15 is 0 Å². The molecule has 0 saturated carbocycles. The van der Waals surface area contributed by atoms with Gasteiger partial charge in [0.25, 0.3) is 0 Å². The van der Waals surface area contributed by atoms with E-state index in [1.54, 1.807) is 11.3 Å². The van der Waals surface area contributed by atoms with Gasteiger partial charge in [-0.3, -0.25) is 0 Å². The normalized spacial score (nSPS) is 12.8. The monoisotopic (exact) mass is 487 g/mol. The van der Waals surface area contributed by atoms with Crippen LogP contribution in [0.1, 0.15) is 17.2 Å². The zero-order chi connectivity index (χ0) is 15.0. The average Bonchev–Trinajstić information content (AvgIpc) is 2.87. The lowest BCUT2D eigenvalue weighted by Gasteiger charge is -2.18. The fourth-order valence-electron chi connectivity index (χ4n) is 2.48. The second kappa shape index (κ2) is 6.50. The number of thiophene rings is 1. The summed E-state index contributed by atoms with van der Waals surface area (Å²) in [5.41, 5.74) is 2.54. The quantitative estimate of drug-likeness (QED) is 0.443. The predicted octanol–water partition coefficient (Wildman–Crippen LogP) is 6.50. The van der Waals surface area contributed by atoms with E-state index in [0.717, 1.165) is 13.4 Å². The van der Waals surface area contributed by atoms with Crippen molar-refractivity contribution in [3.05, 3.63) is 66.3 Å². The largest absolute Gasteiger partial charge is 0.309 e. The predicted molar refractivity (Wildman–Crippen MR) is 102 cm³/mol. The maximum Gasteiger partial charge on any atom is 0.0599 e. The van der Waals surface area contributed by atoms with Gasteiger partial charge in [-0.1, -0.05) is 50.1 Å². The molecular weight excluding hydrogens is 478 g/mol. The Labute approximate surface area is 153 Å². The fourth-order valence-corrected chi connectivity index (χ4v) is 5.40. The molecule has 1 N–H and O–H groups in total. The molecule has 108 valence electrons. The van der Waals surface area contributed by atoms with Crippen molar-refractivity contribution < 1.29 is 0 Å². The van der Waals surface area contributed by atoms with Gasteiger partial charge in [0.15, 0.2) is 0 Å². The number of hydrogen-bond acceptors (Lipinski definition) is 2. The molecule has 0 amide bonds. The zero-order valence-electron chi connectivity index (χ0n) is 11.2. The van der Waals surface area contributed by atoms with Gasteiger partial charge in [0, 0.05) is 18.1 Å². The lowest BCUT2D eigenvalue weighted by atomic mass is 9.98. The molecule has 0 saturated heterocycles. The molecule has 21 heavy (non-hydrogen) atoms. The highest BCUT2D eigenvalue weighted by molar-refractivity contribution is 9.11. The minimum Gasteiger partial charge on any atom is -0.309 e. The average molecular weight is 490 g/mol. The Bertz CT molecular complexity index is 797. The van der Waals surface area contributed by atoms with Crippen molar-refractivity contribution >= 4 is 69.2 Å². The van der Waals surface area contributed by atoms with Crippen LogP contribution in [0.25, 0.3) is 10.1 Å². The number of halogens is 3. The van der Waals surface area contributed by atoms with Crippen LogP contribution in [0.3, 0.4) is 0 Å². The summed E-state index contributed by atoms with van der Waals surface area (Å²) in [6.45, 7) is 0. The fraction of sp³-hybridized carbons (Fsp3) is 0.125. The first-order valence-electron chi connectivity index (χ1n) is 6.39. The molecule has 0 fully saturated rings. The van der Waals surface area contributed by atoms with Crippen LogP contribution in [0.2, 0.25) is 0 Å². The number of hydrogen-bond donors (Lipinski definition) is 1. The van der Waals surface area contributed by atoms with Crippen LogP contribution in [-0.4, -0.2) is 7.05 Å². The first kappa shape index (κ1) is 15.7. The summed E-state index contributed by atoms with van der Waals surface area (Å²) in [6.07, 6.45) is 0. The molecule has 0 aliphatic heterocycles. The molecule has 5 heteroatoms. The molecule has 0 radical (unpaired) electrons. The second-order valence-electron chi connectivity index (χ2n) is 4.70. The van der Waals surface area contributed by atoms with Crippen LogP contribution < -0.4 is 5.32 Å². The smallest absolute Gasteiger partial charge is 0.0599 e. The van der Waals surface area contributed by atoms with Crippen molar-refractivity contribution in [1.82, 2.24) is 5.32 Å². The Hall–Kier alpha value is -0.200. The van der Waals surface area contributed by atoms with E-state index in [9.17, 15) is 0 Å². The van der Waals surface area contributed by atoms with E-state index in [2.05, 4.69) is 94.9 Å². The SMILES string of the molecule is CNC(c1ccc(Br)cc1Br)c1csc2c(Br)cccc12. The molecule has 1 aromatic heterocycles. The maximum absolute atomic E-state index is 3.68. The summed E-state index contributed by atoms with van der Waals surface area (Å²) in [6, 6.07) is 12.8. The van der Waals surface area contributed by atoms with Gasteiger partial charge in [0.1, 0.15) is 0 Å². The van der Waals surface area contributed by atoms with Crippen molar-refractivity contribution in [3.8, 4) is 0 Å². The van der Waals surface area contributed by atoms with Gasteiger partial charge in [-0.15, -0.1) is 11.3 Å². The molecule has 2 aromatic carbocycles. The van der Waals surface area contributed by atoms with Crippen molar-refractivity contribution in [2.75, 3.05) is 7.05 Å². The molecule has 1 nitrogen and oxygen atoms in total. The Morgan fingerprint density at radius 2 is 1.81 bits per heavy atom. The van der Waals surface area contributed by atoms with Gasteiger partial charge in [0.2, 0.25) is 0 Å². The van der Waals surface area contributed by atoms with E-state index in [-0.39, 0.29) is 6.04 Å². The lowest BCUT2D eigenvalue weighted by Crippen LogP contribution is -2.17. The zero-order valence-corrected chi connectivity index (χ0v) is 16.7. The molecule has 0 spiro atoms. The van der Waals surface area contributed by atoms with Gasteiger partial charge < -0.3 is 5.32 Å². The van der Waals surface area contributed by atoms with Crippen LogP contribution in [0.5, 0.6) is 0 Å². The molecule has 1 unspecified atom stereocenters. The van der Waals surface area contributed by atoms with Gasteiger partial charge >= 0.3 is 0 Å². The standard InChI is InChI=1S/C16H12Br3NS/c1-20-15(11-6-5-9(17)7-14(11)19)12-8-21-16-10(12)3-2-4-13(16)18/h2-8,15,20H,1H3. The number of nitrogens with one attached hydrogen (secondary N) is 1. The molecule has 1 atom stereocenters. The molecule has 1 heterocycles. The first-order chi connectivity index (χ1) is 10.1. The van der Waals surface area contributed by atoms with Crippen LogP contribution >= 0.6 is 59.1 Å². The highest BCUT2D eigenvalue weighted by Gasteiger charge is 2.19. The number of rotatable bonds is 3. The number of fused-ring (bicyclic) bond motifs is 1. The lowest BCUT2D eigenvalue weighted by molar-refractivity contribution is 0.695. The summed E-state index contributed by atoms with van der Waals surface area (Å²) in [5, 5.41) is 6.97. The van der Waals surface area contributed by atoms with Gasteiger partial charge in [-0.2, -0.15) is 0 Å². The van der Waals surface area contributed by atoms with E-state index < -0.39 is 0 Å². The van der Waals surface area contributed by atoms with Crippen molar-refractivity contribution in [1.29, 1.82) is 0 Å². The minimum absolute atomic E-state index is 0.163. The van der Waals surface area contributed by atoms with Crippen LogP contribution in [0.4, 0.5) is 0 Å². The summed E-state index contributed by atoms with van der Waals surface area (Å²) < 4.78 is 4.62. The van der Waals surface area contributed by atoms with Crippen LogP contribution in [0, 0.1) is 0 Å². The molecule has 0 aliphatic rings. The highest BCUT2D eigenvalue weighted by Crippen LogP contribution is 2.39. The van der Waals surface area contributed by atoms with Crippen LogP contribution in [0.15, 0.2) is 55.2 Å². The minimum atomic E-state index is 0.163. The summed E-state index contributed by atoms with van der Waals surface area (Å²) in [7, 11) is 2.00. The third kappa shape index (κ3) is 2.99. The van der Waals surface area contributed by atoms with Crippen molar-refractivity contribution in [2.24, 2.45) is 0 Å². The Balaban J connectivity index is 2.16. The van der Waals surface area contributed by atoms with Crippen molar-refractivity contribution in [3.63, 3.8) is 0 Å². The molecule has 3 rings (SSSR count). The second-order valence-corrected chi connectivity index (χ2v) is 8.20. The molecular formula is C16H12Br3NS. The van der Waals surface area contributed by atoms with Crippen LogP contribution in [-0.2, 0) is 0 Å². The van der Waals surface area contributed by atoms with Gasteiger partial charge in [-0.05, 0) is 63.1 Å². The molecule has 0 bridgehead atoms.